The van der Waals surface area contributed by atoms with Crippen LogP contribution in [0.25, 0.3) is 105 Å². The first-order valence-electron chi connectivity index (χ1n) is 16.4. The Hall–Kier alpha value is -6.72. The molecule has 11 rings (SSSR count). The fraction of sp³-hybridized carbons (Fsp3) is 0. The van der Waals surface area contributed by atoms with Gasteiger partial charge in [0.1, 0.15) is 28.0 Å². The Labute approximate surface area is 279 Å². The molecule has 0 aliphatic heterocycles. The van der Waals surface area contributed by atoms with E-state index in [4.69, 9.17) is 18.8 Å². The number of hydrogen-bond acceptors (Lipinski definition) is 4. The Morgan fingerprint density at radius 3 is 1.90 bits per heavy atom. The summed E-state index contributed by atoms with van der Waals surface area (Å²) in [5.74, 6) is 0.580. The maximum atomic E-state index is 6.97. The van der Waals surface area contributed by atoms with Gasteiger partial charge in [0.25, 0.3) is 0 Å². The maximum Gasteiger partial charge on any atom is 0.236 e. The highest BCUT2D eigenvalue weighted by Gasteiger charge is 2.24. The van der Waals surface area contributed by atoms with Crippen molar-refractivity contribution in [3.8, 4) is 28.3 Å². The molecule has 0 saturated carbocycles. The van der Waals surface area contributed by atoms with E-state index in [0.29, 0.717) is 11.5 Å². The monoisotopic (exact) mass is 627 g/mol. The number of nitrogens with zero attached hydrogens (tertiary/aromatic N) is 3. The van der Waals surface area contributed by atoms with E-state index in [1.54, 1.807) is 0 Å². The molecule has 0 radical (unpaired) electrons. The lowest BCUT2D eigenvalue weighted by Gasteiger charge is -2.09. The molecule has 0 fully saturated rings. The van der Waals surface area contributed by atoms with Crippen molar-refractivity contribution < 1.29 is 8.83 Å². The Balaban J connectivity index is 1.26. The van der Waals surface area contributed by atoms with Crippen molar-refractivity contribution in [2.45, 2.75) is 0 Å². The van der Waals surface area contributed by atoms with Crippen molar-refractivity contribution in [1.29, 1.82) is 0 Å². The maximum absolute atomic E-state index is 6.97. The van der Waals surface area contributed by atoms with Crippen molar-refractivity contribution in [2.75, 3.05) is 0 Å². The summed E-state index contributed by atoms with van der Waals surface area (Å²) >= 11 is 0. The number of rotatable bonds is 3. The van der Waals surface area contributed by atoms with Crippen LogP contribution in [0.2, 0.25) is 0 Å². The fourth-order valence-corrected chi connectivity index (χ4v) is 7.65. The molecule has 0 atom stereocenters. The van der Waals surface area contributed by atoms with Crippen LogP contribution in [-0.2, 0) is 0 Å². The number of hydrogen-bond donors (Lipinski definition) is 0. The van der Waals surface area contributed by atoms with Crippen LogP contribution in [0.5, 0.6) is 0 Å². The zero-order chi connectivity index (χ0) is 32.1. The van der Waals surface area contributed by atoms with E-state index in [0.717, 1.165) is 76.9 Å². The Morgan fingerprint density at radius 2 is 1.08 bits per heavy atom. The van der Waals surface area contributed by atoms with Gasteiger partial charge < -0.3 is 8.83 Å². The summed E-state index contributed by atoms with van der Waals surface area (Å²) < 4.78 is 15.5. The molecule has 4 aromatic heterocycles. The van der Waals surface area contributed by atoms with Crippen LogP contribution >= 0.6 is 0 Å². The van der Waals surface area contributed by atoms with Gasteiger partial charge in [-0.15, -0.1) is 0 Å². The highest BCUT2D eigenvalue weighted by Crippen LogP contribution is 2.44. The molecular weight excluding hydrogens is 603 g/mol. The number of fused-ring (bicyclic) bond motifs is 12. The van der Waals surface area contributed by atoms with Gasteiger partial charge in [-0.05, 0) is 52.9 Å². The summed E-state index contributed by atoms with van der Waals surface area (Å²) in [6.07, 6.45) is 0. The van der Waals surface area contributed by atoms with Gasteiger partial charge in [0, 0.05) is 32.5 Å². The van der Waals surface area contributed by atoms with E-state index in [2.05, 4.69) is 120 Å². The van der Waals surface area contributed by atoms with Crippen molar-refractivity contribution >= 4 is 76.6 Å². The summed E-state index contributed by atoms with van der Waals surface area (Å²) in [4.78, 5) is 10.5. The van der Waals surface area contributed by atoms with Crippen LogP contribution in [0.4, 0.5) is 0 Å². The highest BCUT2D eigenvalue weighted by molar-refractivity contribution is 6.27. The average Bonchev–Trinajstić information content (AvgIpc) is 3.84. The van der Waals surface area contributed by atoms with Crippen LogP contribution in [0, 0.1) is 0 Å². The largest absolute Gasteiger partial charge is 0.455 e. The third-order valence-electron chi connectivity index (χ3n) is 9.82. The van der Waals surface area contributed by atoms with Crippen molar-refractivity contribution in [2.24, 2.45) is 0 Å². The molecule has 0 N–H and O–H groups in total. The SMILES string of the molecule is c1ccc(-c2cc3c4ccc5c(c6ccccc6n5-c5nc(-c6ccccc6)c6oc7ccccc7c6n5)c4oc3c3ccccc23)cc1. The van der Waals surface area contributed by atoms with Crippen LogP contribution in [0.15, 0.2) is 160 Å². The molecule has 5 heteroatoms. The molecule has 0 bridgehead atoms. The zero-order valence-corrected chi connectivity index (χ0v) is 26.1. The van der Waals surface area contributed by atoms with Gasteiger partial charge in [-0.3, -0.25) is 4.57 Å². The van der Waals surface area contributed by atoms with E-state index in [1.807, 2.05) is 36.4 Å². The lowest BCUT2D eigenvalue weighted by molar-refractivity contribution is 0.666. The van der Waals surface area contributed by atoms with E-state index in [9.17, 15) is 0 Å². The predicted molar refractivity (Wildman–Crippen MR) is 199 cm³/mol. The van der Waals surface area contributed by atoms with E-state index < -0.39 is 0 Å². The molecule has 7 aromatic carbocycles. The molecule has 11 aromatic rings. The van der Waals surface area contributed by atoms with Gasteiger partial charge >= 0.3 is 0 Å². The van der Waals surface area contributed by atoms with Crippen LogP contribution < -0.4 is 0 Å². The van der Waals surface area contributed by atoms with Crippen LogP contribution in [-0.4, -0.2) is 14.5 Å². The second-order valence-corrected chi connectivity index (χ2v) is 12.5. The fourth-order valence-electron chi connectivity index (χ4n) is 7.65. The predicted octanol–water partition coefficient (Wildman–Crippen LogP) is 11.9. The van der Waals surface area contributed by atoms with Gasteiger partial charge in [0.15, 0.2) is 5.58 Å². The topological polar surface area (TPSA) is 57.0 Å². The average molecular weight is 628 g/mol. The molecule has 228 valence electrons. The van der Waals surface area contributed by atoms with Crippen molar-refractivity contribution in [1.82, 2.24) is 14.5 Å². The van der Waals surface area contributed by atoms with E-state index in [1.165, 1.54) is 16.5 Å². The molecule has 0 aliphatic rings. The minimum Gasteiger partial charge on any atom is -0.455 e. The quantitative estimate of drug-likeness (QED) is 0.196. The second-order valence-electron chi connectivity index (χ2n) is 12.5. The van der Waals surface area contributed by atoms with Gasteiger partial charge in [0.2, 0.25) is 5.95 Å². The summed E-state index contributed by atoms with van der Waals surface area (Å²) in [6, 6.07) is 52.5. The lowest BCUT2D eigenvalue weighted by atomic mass is 9.95. The smallest absolute Gasteiger partial charge is 0.236 e. The number of para-hydroxylation sites is 2. The molecule has 0 aliphatic carbocycles. The normalized spacial score (nSPS) is 12.1. The van der Waals surface area contributed by atoms with Crippen LogP contribution in [0.1, 0.15) is 0 Å². The number of furan rings is 2. The molecule has 0 unspecified atom stereocenters. The summed E-state index contributed by atoms with van der Waals surface area (Å²) in [6.45, 7) is 0. The van der Waals surface area contributed by atoms with Gasteiger partial charge in [-0.25, -0.2) is 9.97 Å². The molecule has 0 spiro atoms. The minimum atomic E-state index is 0.580. The standard InChI is InChI=1S/C44H25N3O2/c1-3-13-26(14-4-1)33-25-34-30-23-24-36-38(42(30)49-41(34)29-18-8-7-17-28(29)33)31-19-9-11-21-35(31)47(36)44-45-39(27-15-5-2-6-16-27)43-40(46-44)32-20-10-12-22-37(32)48-43/h1-25H. The van der Waals surface area contributed by atoms with Crippen molar-refractivity contribution in [3.63, 3.8) is 0 Å². The first kappa shape index (κ1) is 26.4. The highest BCUT2D eigenvalue weighted by atomic mass is 16.3. The Bertz CT molecular complexity index is 3100. The van der Waals surface area contributed by atoms with Gasteiger partial charge in [-0.1, -0.05) is 115 Å². The van der Waals surface area contributed by atoms with E-state index >= 15 is 0 Å². The number of benzene rings is 7. The number of aromatic nitrogens is 3. The molecule has 0 amide bonds. The third-order valence-corrected chi connectivity index (χ3v) is 9.82. The summed E-state index contributed by atoms with van der Waals surface area (Å²) in [7, 11) is 0. The first-order valence-corrected chi connectivity index (χ1v) is 16.4. The third kappa shape index (κ3) is 3.70. The summed E-state index contributed by atoms with van der Waals surface area (Å²) in [5, 5.41) is 7.52. The first-order chi connectivity index (χ1) is 24.3. The van der Waals surface area contributed by atoms with Crippen molar-refractivity contribution in [3.05, 3.63) is 152 Å². The van der Waals surface area contributed by atoms with Crippen LogP contribution in [0.3, 0.4) is 0 Å². The second kappa shape index (κ2) is 9.89. The lowest BCUT2D eigenvalue weighted by Crippen LogP contribution is -2.02. The van der Waals surface area contributed by atoms with E-state index in [-0.39, 0.29) is 0 Å². The zero-order valence-electron chi connectivity index (χ0n) is 26.1. The Morgan fingerprint density at radius 1 is 0.429 bits per heavy atom. The minimum absolute atomic E-state index is 0.580. The molecule has 5 nitrogen and oxygen atoms in total. The molecular formula is C44H25N3O2. The molecule has 0 saturated heterocycles. The molecule has 4 heterocycles. The molecule has 49 heavy (non-hydrogen) atoms. The van der Waals surface area contributed by atoms with Gasteiger partial charge in [-0.2, -0.15) is 0 Å². The Kier molecular flexibility index (Phi) is 5.32. The van der Waals surface area contributed by atoms with Gasteiger partial charge in [0.05, 0.1) is 16.4 Å². The summed E-state index contributed by atoms with van der Waals surface area (Å²) in [5.41, 5.74) is 10.1.